The number of hydrogen-bond acceptors (Lipinski definition) is 4. The van der Waals surface area contributed by atoms with E-state index in [0.29, 0.717) is 11.4 Å². The molecule has 5 nitrogen and oxygen atoms in total. The van der Waals surface area contributed by atoms with Crippen LogP contribution < -0.4 is 10.1 Å². The summed E-state index contributed by atoms with van der Waals surface area (Å²) in [7, 11) is 1.61. The fourth-order valence-corrected chi connectivity index (χ4v) is 1.99. The molecule has 1 aromatic heterocycles. The van der Waals surface area contributed by atoms with Gasteiger partial charge in [0, 0.05) is 17.3 Å². The lowest BCUT2D eigenvalue weighted by atomic mass is 10.1. The third kappa shape index (κ3) is 2.98. The third-order valence-corrected chi connectivity index (χ3v) is 3.15. The topological polar surface area (TPSA) is 64.4 Å². The standard InChI is InChI=1S/C17H14N2O3/c1-21-14-9-7-12(8-10-14)15-11-16(22-19-15)17(20)18-13-5-3-2-4-6-13/h2-11H,1H3,(H,18,20). The van der Waals surface area contributed by atoms with Gasteiger partial charge in [0.25, 0.3) is 5.91 Å². The fraction of sp³-hybridized carbons (Fsp3) is 0.0588. The molecule has 1 heterocycles. The number of nitrogens with one attached hydrogen (secondary N) is 1. The smallest absolute Gasteiger partial charge is 0.294 e. The van der Waals surface area contributed by atoms with Crippen LogP contribution in [0, 0.1) is 0 Å². The quantitative estimate of drug-likeness (QED) is 0.798. The number of methoxy groups -OCH3 is 1. The summed E-state index contributed by atoms with van der Waals surface area (Å²) in [5.41, 5.74) is 2.15. The van der Waals surface area contributed by atoms with Gasteiger partial charge in [0.2, 0.25) is 5.76 Å². The molecule has 1 amide bonds. The van der Waals surface area contributed by atoms with Crippen molar-refractivity contribution < 1.29 is 14.1 Å². The molecule has 3 rings (SSSR count). The highest BCUT2D eigenvalue weighted by Gasteiger charge is 2.14. The SMILES string of the molecule is COc1ccc(-c2cc(C(=O)Nc3ccccc3)on2)cc1. The number of hydrogen-bond donors (Lipinski definition) is 1. The van der Waals surface area contributed by atoms with Gasteiger partial charge in [0.15, 0.2) is 0 Å². The zero-order valence-electron chi connectivity index (χ0n) is 11.9. The van der Waals surface area contributed by atoms with Crippen molar-refractivity contribution in [1.82, 2.24) is 5.16 Å². The van der Waals surface area contributed by atoms with E-state index in [1.54, 1.807) is 25.3 Å². The molecule has 3 aromatic rings. The molecule has 22 heavy (non-hydrogen) atoms. The number of rotatable bonds is 4. The first kappa shape index (κ1) is 13.9. The fourth-order valence-electron chi connectivity index (χ4n) is 1.99. The van der Waals surface area contributed by atoms with Gasteiger partial charge in [-0.05, 0) is 36.4 Å². The van der Waals surface area contributed by atoms with Crippen LogP contribution in [0.15, 0.2) is 65.2 Å². The van der Waals surface area contributed by atoms with Crippen molar-refractivity contribution in [3.8, 4) is 17.0 Å². The van der Waals surface area contributed by atoms with Crippen LogP contribution in [-0.4, -0.2) is 18.2 Å². The number of benzene rings is 2. The van der Waals surface area contributed by atoms with Crippen molar-refractivity contribution in [2.24, 2.45) is 0 Å². The highest BCUT2D eigenvalue weighted by Crippen LogP contribution is 2.22. The second-order valence-corrected chi connectivity index (χ2v) is 4.63. The molecule has 0 spiro atoms. The molecule has 0 bridgehead atoms. The number of nitrogens with zero attached hydrogens (tertiary/aromatic N) is 1. The molecule has 2 aromatic carbocycles. The maximum Gasteiger partial charge on any atom is 0.294 e. The summed E-state index contributed by atoms with van der Waals surface area (Å²) in [6.07, 6.45) is 0. The normalized spacial score (nSPS) is 10.2. The number of amides is 1. The Morgan fingerprint density at radius 3 is 2.50 bits per heavy atom. The average molecular weight is 294 g/mol. The lowest BCUT2D eigenvalue weighted by Gasteiger charge is -2.01. The van der Waals surface area contributed by atoms with E-state index in [4.69, 9.17) is 9.26 Å². The lowest BCUT2D eigenvalue weighted by molar-refractivity contribution is 0.0988. The molecule has 5 heteroatoms. The van der Waals surface area contributed by atoms with Crippen LogP contribution in [-0.2, 0) is 0 Å². The molecule has 110 valence electrons. The van der Waals surface area contributed by atoms with Crippen LogP contribution in [0.1, 0.15) is 10.6 Å². The van der Waals surface area contributed by atoms with Gasteiger partial charge in [0.1, 0.15) is 11.4 Å². The Balaban J connectivity index is 1.76. The minimum Gasteiger partial charge on any atom is -0.497 e. The second kappa shape index (κ2) is 6.13. The van der Waals surface area contributed by atoms with E-state index in [1.807, 2.05) is 42.5 Å². The summed E-state index contributed by atoms with van der Waals surface area (Å²) in [4.78, 5) is 12.1. The van der Waals surface area contributed by atoms with Crippen molar-refractivity contribution in [2.45, 2.75) is 0 Å². The van der Waals surface area contributed by atoms with Gasteiger partial charge < -0.3 is 14.6 Å². The van der Waals surface area contributed by atoms with Gasteiger partial charge in [-0.2, -0.15) is 0 Å². The molecule has 0 saturated carbocycles. The van der Waals surface area contributed by atoms with E-state index < -0.39 is 0 Å². The van der Waals surface area contributed by atoms with Crippen LogP contribution in [0.5, 0.6) is 5.75 Å². The third-order valence-electron chi connectivity index (χ3n) is 3.15. The molecule has 0 radical (unpaired) electrons. The predicted octanol–water partition coefficient (Wildman–Crippen LogP) is 3.60. The summed E-state index contributed by atoms with van der Waals surface area (Å²) < 4.78 is 10.2. The molecule has 1 N–H and O–H groups in total. The van der Waals surface area contributed by atoms with E-state index in [-0.39, 0.29) is 11.7 Å². The maximum absolute atomic E-state index is 12.1. The van der Waals surface area contributed by atoms with Gasteiger partial charge in [0.05, 0.1) is 7.11 Å². The van der Waals surface area contributed by atoms with Gasteiger partial charge >= 0.3 is 0 Å². The average Bonchev–Trinajstić information content (AvgIpc) is 3.06. The Hall–Kier alpha value is -3.08. The highest BCUT2D eigenvalue weighted by molar-refractivity contribution is 6.02. The van der Waals surface area contributed by atoms with Crippen LogP contribution in [0.3, 0.4) is 0 Å². The zero-order chi connectivity index (χ0) is 15.4. The van der Waals surface area contributed by atoms with Crippen molar-refractivity contribution in [3.63, 3.8) is 0 Å². The van der Waals surface area contributed by atoms with Gasteiger partial charge in [-0.25, -0.2) is 0 Å². The number of carbonyl (C=O) groups excluding carboxylic acids is 1. The van der Waals surface area contributed by atoms with E-state index >= 15 is 0 Å². The van der Waals surface area contributed by atoms with Crippen LogP contribution in [0.4, 0.5) is 5.69 Å². The molecule has 0 aliphatic rings. The van der Waals surface area contributed by atoms with Crippen molar-refractivity contribution in [1.29, 1.82) is 0 Å². The van der Waals surface area contributed by atoms with Crippen molar-refractivity contribution in [2.75, 3.05) is 12.4 Å². The number of carbonyl (C=O) groups is 1. The first-order chi connectivity index (χ1) is 10.8. The highest BCUT2D eigenvalue weighted by atomic mass is 16.5. The Bertz CT molecular complexity index is 764. The summed E-state index contributed by atoms with van der Waals surface area (Å²) >= 11 is 0. The second-order valence-electron chi connectivity index (χ2n) is 4.63. The summed E-state index contributed by atoms with van der Waals surface area (Å²) in [6.45, 7) is 0. The number of ether oxygens (including phenoxy) is 1. The van der Waals surface area contributed by atoms with Crippen LogP contribution >= 0.6 is 0 Å². The zero-order valence-corrected chi connectivity index (χ0v) is 11.9. The van der Waals surface area contributed by atoms with Gasteiger partial charge in [-0.15, -0.1) is 0 Å². The Morgan fingerprint density at radius 1 is 1.09 bits per heavy atom. The summed E-state index contributed by atoms with van der Waals surface area (Å²) in [5.74, 6) is 0.586. The molecular formula is C17H14N2O3. The summed E-state index contributed by atoms with van der Waals surface area (Å²) in [6, 6.07) is 18.2. The first-order valence-electron chi connectivity index (χ1n) is 6.74. The molecule has 0 fully saturated rings. The monoisotopic (exact) mass is 294 g/mol. The molecule has 0 atom stereocenters. The number of aromatic nitrogens is 1. The van der Waals surface area contributed by atoms with Gasteiger partial charge in [-0.1, -0.05) is 23.4 Å². The van der Waals surface area contributed by atoms with E-state index in [2.05, 4.69) is 10.5 Å². The Kier molecular flexibility index (Phi) is 3.87. The molecular weight excluding hydrogens is 280 g/mol. The minimum atomic E-state index is -0.335. The van der Waals surface area contributed by atoms with E-state index in [9.17, 15) is 4.79 Å². The van der Waals surface area contributed by atoms with Gasteiger partial charge in [-0.3, -0.25) is 4.79 Å². The van der Waals surface area contributed by atoms with E-state index in [1.165, 1.54) is 0 Å². The Morgan fingerprint density at radius 2 is 1.82 bits per heavy atom. The molecule has 0 aliphatic carbocycles. The van der Waals surface area contributed by atoms with Crippen LogP contribution in [0.25, 0.3) is 11.3 Å². The minimum absolute atomic E-state index is 0.162. The van der Waals surface area contributed by atoms with Crippen LogP contribution in [0.2, 0.25) is 0 Å². The lowest BCUT2D eigenvalue weighted by Crippen LogP contribution is -2.10. The summed E-state index contributed by atoms with van der Waals surface area (Å²) in [5, 5.41) is 6.68. The molecule has 0 unspecified atom stereocenters. The largest absolute Gasteiger partial charge is 0.497 e. The number of anilines is 1. The maximum atomic E-state index is 12.1. The predicted molar refractivity (Wildman–Crippen MR) is 82.9 cm³/mol. The van der Waals surface area contributed by atoms with Crippen molar-refractivity contribution >= 4 is 11.6 Å². The van der Waals surface area contributed by atoms with Crippen molar-refractivity contribution in [3.05, 3.63) is 66.4 Å². The number of para-hydroxylation sites is 1. The molecule has 0 aliphatic heterocycles. The first-order valence-corrected chi connectivity index (χ1v) is 6.74. The molecule has 0 saturated heterocycles. The van der Waals surface area contributed by atoms with E-state index in [0.717, 1.165) is 11.3 Å². The Labute approximate surface area is 127 Å².